The van der Waals surface area contributed by atoms with Crippen LogP contribution in [0.4, 0.5) is 0 Å². The second-order valence-corrected chi connectivity index (χ2v) is 5.07. The standard InChI is InChI=1S/C14H16O5/c1-8-6-10-11(19-5-4-18-10)7-9(8)12(15)14(2,3)13(16)17/h6-7H,4-5H2,1-3H3,(H,16,17). The summed E-state index contributed by atoms with van der Waals surface area (Å²) in [6.07, 6.45) is 0. The molecular weight excluding hydrogens is 248 g/mol. The van der Waals surface area contributed by atoms with E-state index >= 15 is 0 Å². The number of carboxylic acids is 1. The fraction of sp³-hybridized carbons (Fsp3) is 0.429. The van der Waals surface area contributed by atoms with E-state index in [0.29, 0.717) is 35.8 Å². The smallest absolute Gasteiger partial charge is 0.316 e. The summed E-state index contributed by atoms with van der Waals surface area (Å²) in [4.78, 5) is 23.5. The highest BCUT2D eigenvalue weighted by molar-refractivity contribution is 6.12. The SMILES string of the molecule is Cc1cc2c(cc1C(=O)C(C)(C)C(=O)O)OCCO2. The van der Waals surface area contributed by atoms with Gasteiger partial charge < -0.3 is 14.6 Å². The van der Waals surface area contributed by atoms with E-state index in [1.54, 1.807) is 19.1 Å². The number of carboxylic acid groups (broad SMARTS) is 1. The lowest BCUT2D eigenvalue weighted by atomic mass is 9.83. The Morgan fingerprint density at radius 1 is 1.16 bits per heavy atom. The lowest BCUT2D eigenvalue weighted by Crippen LogP contribution is -2.33. The molecule has 5 heteroatoms. The van der Waals surface area contributed by atoms with E-state index in [1.807, 2.05) is 0 Å². The number of hydrogen-bond acceptors (Lipinski definition) is 4. The van der Waals surface area contributed by atoms with Gasteiger partial charge in [0.15, 0.2) is 17.3 Å². The molecule has 0 saturated heterocycles. The van der Waals surface area contributed by atoms with Gasteiger partial charge in [-0.15, -0.1) is 0 Å². The third-order valence-electron chi connectivity index (χ3n) is 3.24. The molecule has 1 N–H and O–H groups in total. The third kappa shape index (κ3) is 2.28. The second kappa shape index (κ2) is 4.57. The Hall–Kier alpha value is -2.04. The fourth-order valence-corrected chi connectivity index (χ4v) is 1.87. The molecule has 0 aromatic heterocycles. The summed E-state index contributed by atoms with van der Waals surface area (Å²) in [5, 5.41) is 9.13. The van der Waals surface area contributed by atoms with E-state index in [0.717, 1.165) is 0 Å². The van der Waals surface area contributed by atoms with Gasteiger partial charge in [-0.05, 0) is 38.5 Å². The maximum absolute atomic E-state index is 12.3. The molecule has 0 spiro atoms. The molecule has 0 aliphatic carbocycles. The zero-order valence-electron chi connectivity index (χ0n) is 11.1. The van der Waals surface area contributed by atoms with Crippen molar-refractivity contribution in [2.24, 2.45) is 5.41 Å². The molecule has 2 rings (SSSR count). The number of aliphatic carboxylic acids is 1. The van der Waals surface area contributed by atoms with Crippen molar-refractivity contribution in [1.29, 1.82) is 0 Å². The average molecular weight is 264 g/mol. The highest BCUT2D eigenvalue weighted by Gasteiger charge is 2.37. The number of carbonyl (C=O) groups is 2. The zero-order chi connectivity index (χ0) is 14.2. The molecule has 1 aliphatic heterocycles. The quantitative estimate of drug-likeness (QED) is 0.668. The van der Waals surface area contributed by atoms with Crippen LogP contribution in [0.3, 0.4) is 0 Å². The number of rotatable bonds is 3. The van der Waals surface area contributed by atoms with Gasteiger partial charge in [-0.3, -0.25) is 9.59 Å². The van der Waals surface area contributed by atoms with Crippen LogP contribution in [0.2, 0.25) is 0 Å². The Balaban J connectivity index is 2.46. The minimum Gasteiger partial charge on any atom is -0.486 e. The first-order valence-corrected chi connectivity index (χ1v) is 6.02. The van der Waals surface area contributed by atoms with Gasteiger partial charge in [-0.1, -0.05) is 0 Å². The predicted octanol–water partition coefficient (Wildman–Crippen LogP) is 2.06. The first kappa shape index (κ1) is 13.4. The van der Waals surface area contributed by atoms with E-state index in [-0.39, 0.29) is 0 Å². The predicted molar refractivity (Wildman–Crippen MR) is 67.9 cm³/mol. The first-order valence-electron chi connectivity index (χ1n) is 6.02. The van der Waals surface area contributed by atoms with Gasteiger partial charge in [-0.25, -0.2) is 0 Å². The molecule has 0 bridgehead atoms. The van der Waals surface area contributed by atoms with Crippen molar-refractivity contribution in [3.8, 4) is 11.5 Å². The molecule has 19 heavy (non-hydrogen) atoms. The monoisotopic (exact) mass is 264 g/mol. The summed E-state index contributed by atoms with van der Waals surface area (Å²) in [7, 11) is 0. The van der Waals surface area contributed by atoms with Crippen LogP contribution in [0.1, 0.15) is 29.8 Å². The molecule has 0 unspecified atom stereocenters. The third-order valence-corrected chi connectivity index (χ3v) is 3.24. The Kier molecular flexibility index (Phi) is 3.22. The lowest BCUT2D eigenvalue weighted by Gasteiger charge is -2.23. The first-order chi connectivity index (χ1) is 8.84. The summed E-state index contributed by atoms with van der Waals surface area (Å²) < 4.78 is 10.8. The Bertz CT molecular complexity index is 545. The van der Waals surface area contributed by atoms with Crippen LogP contribution in [0, 0.1) is 12.3 Å². The van der Waals surface area contributed by atoms with Crippen molar-refractivity contribution in [2.75, 3.05) is 13.2 Å². The van der Waals surface area contributed by atoms with Crippen LogP contribution in [-0.2, 0) is 4.79 Å². The number of benzene rings is 1. The fourth-order valence-electron chi connectivity index (χ4n) is 1.87. The van der Waals surface area contributed by atoms with E-state index in [9.17, 15) is 9.59 Å². The highest BCUT2D eigenvalue weighted by atomic mass is 16.6. The largest absolute Gasteiger partial charge is 0.486 e. The average Bonchev–Trinajstić information content (AvgIpc) is 2.36. The second-order valence-electron chi connectivity index (χ2n) is 5.07. The molecule has 1 aliphatic rings. The minimum absolute atomic E-state index is 0.358. The minimum atomic E-state index is -1.46. The maximum Gasteiger partial charge on any atom is 0.316 e. The van der Waals surface area contributed by atoms with Gasteiger partial charge in [0.05, 0.1) is 0 Å². The number of aryl methyl sites for hydroxylation is 1. The summed E-state index contributed by atoms with van der Waals surface area (Å²) in [6, 6.07) is 3.27. The number of Topliss-reactive ketones (excluding diaryl/α,β-unsaturated/α-hetero) is 1. The number of ketones is 1. The van der Waals surface area contributed by atoms with Gasteiger partial charge >= 0.3 is 5.97 Å². The van der Waals surface area contributed by atoms with Crippen LogP contribution < -0.4 is 9.47 Å². The molecular formula is C14H16O5. The molecule has 1 heterocycles. The molecule has 102 valence electrons. The molecule has 1 aromatic rings. The molecule has 0 amide bonds. The van der Waals surface area contributed by atoms with E-state index in [4.69, 9.17) is 14.6 Å². The normalized spacial score (nSPS) is 14.1. The number of carbonyl (C=O) groups excluding carboxylic acids is 1. The van der Waals surface area contributed by atoms with Crippen LogP contribution in [-0.4, -0.2) is 30.1 Å². The highest BCUT2D eigenvalue weighted by Crippen LogP contribution is 2.35. The molecule has 0 radical (unpaired) electrons. The van der Waals surface area contributed by atoms with Gasteiger partial charge in [0.1, 0.15) is 18.6 Å². The molecule has 1 aromatic carbocycles. The van der Waals surface area contributed by atoms with Crippen molar-refractivity contribution >= 4 is 11.8 Å². The Labute approximate surface area is 111 Å². The summed E-state index contributed by atoms with van der Waals surface area (Å²) >= 11 is 0. The maximum atomic E-state index is 12.3. The van der Waals surface area contributed by atoms with Crippen molar-refractivity contribution in [3.63, 3.8) is 0 Å². The van der Waals surface area contributed by atoms with E-state index < -0.39 is 17.2 Å². The van der Waals surface area contributed by atoms with Crippen molar-refractivity contribution < 1.29 is 24.2 Å². The number of fused-ring (bicyclic) bond motifs is 1. The van der Waals surface area contributed by atoms with Crippen molar-refractivity contribution in [3.05, 3.63) is 23.3 Å². The van der Waals surface area contributed by atoms with Crippen LogP contribution in [0.5, 0.6) is 11.5 Å². The molecule has 0 fully saturated rings. The summed E-state index contributed by atoms with van der Waals surface area (Å²) in [6.45, 7) is 5.44. The van der Waals surface area contributed by atoms with E-state index in [1.165, 1.54) is 13.8 Å². The molecule has 0 atom stereocenters. The topological polar surface area (TPSA) is 72.8 Å². The van der Waals surface area contributed by atoms with Gasteiger partial charge in [0, 0.05) is 5.56 Å². The molecule has 0 saturated carbocycles. The van der Waals surface area contributed by atoms with Crippen LogP contribution in [0.25, 0.3) is 0 Å². The Morgan fingerprint density at radius 3 is 2.21 bits per heavy atom. The zero-order valence-corrected chi connectivity index (χ0v) is 11.1. The van der Waals surface area contributed by atoms with Crippen molar-refractivity contribution in [2.45, 2.75) is 20.8 Å². The van der Waals surface area contributed by atoms with Gasteiger partial charge in [-0.2, -0.15) is 0 Å². The number of ether oxygens (including phenoxy) is 2. The van der Waals surface area contributed by atoms with Crippen LogP contribution in [0.15, 0.2) is 12.1 Å². The lowest BCUT2D eigenvalue weighted by molar-refractivity contribution is -0.144. The van der Waals surface area contributed by atoms with Gasteiger partial charge in [0.25, 0.3) is 0 Å². The Morgan fingerprint density at radius 2 is 1.68 bits per heavy atom. The van der Waals surface area contributed by atoms with Crippen molar-refractivity contribution in [1.82, 2.24) is 0 Å². The summed E-state index contributed by atoms with van der Waals surface area (Å²) in [5.74, 6) is -0.504. The van der Waals surface area contributed by atoms with Crippen LogP contribution >= 0.6 is 0 Å². The van der Waals surface area contributed by atoms with Gasteiger partial charge in [0.2, 0.25) is 0 Å². The number of hydrogen-bond donors (Lipinski definition) is 1. The molecule has 5 nitrogen and oxygen atoms in total. The van der Waals surface area contributed by atoms with E-state index in [2.05, 4.69) is 0 Å². The summed E-state index contributed by atoms with van der Waals surface area (Å²) in [5.41, 5.74) is -0.422.